The van der Waals surface area contributed by atoms with E-state index < -0.39 is 0 Å². The fraction of sp³-hybridized carbons (Fsp3) is 0.333. The molecule has 7 nitrogen and oxygen atoms in total. The van der Waals surface area contributed by atoms with Gasteiger partial charge in [0.1, 0.15) is 5.82 Å². The van der Waals surface area contributed by atoms with Crippen molar-refractivity contribution in [1.29, 1.82) is 0 Å². The van der Waals surface area contributed by atoms with Crippen molar-refractivity contribution in [2.24, 2.45) is 11.0 Å². The Morgan fingerprint density at radius 3 is 2.42 bits per heavy atom. The number of aryl methyl sites for hydroxylation is 1. The molecule has 0 spiro atoms. The predicted molar refractivity (Wildman–Crippen MR) is 135 cm³/mol. The number of benzene rings is 2. The summed E-state index contributed by atoms with van der Waals surface area (Å²) in [6.45, 7) is 8.23. The van der Waals surface area contributed by atoms with E-state index in [0.29, 0.717) is 23.8 Å². The van der Waals surface area contributed by atoms with Crippen LogP contribution in [0.25, 0.3) is 0 Å². The molecular weight excluding hydrogens is 441 g/mol. The average molecular weight is 470 g/mol. The minimum absolute atomic E-state index is 0. The maximum absolute atomic E-state index is 13.1. The Labute approximate surface area is 200 Å². The Morgan fingerprint density at radius 2 is 1.70 bits per heavy atom. The lowest BCUT2D eigenvalue weighted by molar-refractivity contribution is 0.434. The minimum Gasteiger partial charge on any atom is -0.341 e. The maximum atomic E-state index is 13.1. The number of rotatable bonds is 6. The van der Waals surface area contributed by atoms with Gasteiger partial charge in [0, 0.05) is 18.8 Å². The number of hydrogen-bond donors (Lipinski definition) is 2. The van der Waals surface area contributed by atoms with Gasteiger partial charge in [0.25, 0.3) is 0 Å². The number of anilines is 4. The van der Waals surface area contributed by atoms with Crippen molar-refractivity contribution in [3.05, 3.63) is 65.0 Å². The molecule has 0 amide bonds. The summed E-state index contributed by atoms with van der Waals surface area (Å²) in [5.74, 6) is 1.86. The summed E-state index contributed by atoms with van der Waals surface area (Å²) < 4.78 is 13.1. The van der Waals surface area contributed by atoms with Gasteiger partial charge in [0.2, 0.25) is 17.8 Å². The fourth-order valence-electron chi connectivity index (χ4n) is 3.54. The first-order chi connectivity index (χ1) is 15.5. The number of hydrogen-bond acceptors (Lipinski definition) is 7. The monoisotopic (exact) mass is 469 g/mol. The van der Waals surface area contributed by atoms with Crippen LogP contribution in [0.15, 0.2) is 47.6 Å². The lowest BCUT2D eigenvalue weighted by atomic mass is 10.00. The van der Waals surface area contributed by atoms with E-state index in [1.165, 1.54) is 17.7 Å². The van der Waals surface area contributed by atoms with E-state index in [1.54, 1.807) is 18.3 Å². The molecule has 174 valence electrons. The molecule has 0 aliphatic carbocycles. The Kier molecular flexibility index (Phi) is 8.16. The van der Waals surface area contributed by atoms with Crippen LogP contribution in [0.1, 0.15) is 36.5 Å². The van der Waals surface area contributed by atoms with Crippen molar-refractivity contribution < 1.29 is 4.39 Å². The quantitative estimate of drug-likeness (QED) is 0.368. The lowest BCUT2D eigenvalue weighted by Crippen LogP contribution is -2.34. The summed E-state index contributed by atoms with van der Waals surface area (Å²) in [6.07, 6.45) is 3.82. The summed E-state index contributed by atoms with van der Waals surface area (Å²) in [5.41, 5.74) is 6.95. The molecule has 2 N–H and O–H groups in total. The molecule has 33 heavy (non-hydrogen) atoms. The van der Waals surface area contributed by atoms with Crippen LogP contribution >= 0.6 is 12.4 Å². The van der Waals surface area contributed by atoms with Gasteiger partial charge in [-0.2, -0.15) is 20.1 Å². The standard InChI is InChI=1S/C24H28FN7.ClH/c1-16-11-13-32(14-12-16)24-29-22(27-21-6-4-5-17(2)18(21)3)28-23(30-24)31-26-15-19-7-9-20(25)10-8-19;/h4-10,15-16H,11-14H2,1-3H3,(H2,27,28,29,30,31);1H. The second kappa shape index (κ2) is 11.0. The first-order valence-corrected chi connectivity index (χ1v) is 10.9. The average Bonchev–Trinajstić information content (AvgIpc) is 2.79. The Hall–Kier alpha value is -3.26. The molecule has 2 heterocycles. The van der Waals surface area contributed by atoms with E-state index in [2.05, 4.69) is 62.5 Å². The number of nitrogens with zero attached hydrogens (tertiary/aromatic N) is 5. The Balaban J connectivity index is 0.00000306. The molecule has 0 radical (unpaired) electrons. The van der Waals surface area contributed by atoms with Crippen LogP contribution < -0.4 is 15.6 Å². The first-order valence-electron chi connectivity index (χ1n) is 10.9. The molecular formula is C24H29ClFN7. The lowest BCUT2D eigenvalue weighted by Gasteiger charge is -2.30. The van der Waals surface area contributed by atoms with E-state index in [4.69, 9.17) is 0 Å². The van der Waals surface area contributed by atoms with Crippen LogP contribution in [0.4, 0.5) is 27.9 Å². The Bertz CT molecular complexity index is 1100. The third-order valence-electron chi connectivity index (χ3n) is 5.79. The second-order valence-electron chi connectivity index (χ2n) is 8.25. The van der Waals surface area contributed by atoms with Gasteiger partial charge in [0.05, 0.1) is 6.21 Å². The summed E-state index contributed by atoms with van der Waals surface area (Å²) in [6, 6.07) is 12.2. The summed E-state index contributed by atoms with van der Waals surface area (Å²) in [4.78, 5) is 16.0. The molecule has 0 saturated carbocycles. The molecule has 1 saturated heterocycles. The summed E-state index contributed by atoms with van der Waals surface area (Å²) in [5, 5.41) is 7.56. The van der Waals surface area contributed by atoms with Gasteiger partial charge in [-0.3, -0.25) is 0 Å². The molecule has 1 aliphatic heterocycles. The van der Waals surface area contributed by atoms with Crippen LogP contribution in [0.2, 0.25) is 0 Å². The van der Waals surface area contributed by atoms with Crippen LogP contribution in [0.5, 0.6) is 0 Å². The van der Waals surface area contributed by atoms with Crippen molar-refractivity contribution in [2.75, 3.05) is 28.7 Å². The van der Waals surface area contributed by atoms with Gasteiger partial charge in [-0.1, -0.05) is 31.2 Å². The maximum Gasteiger partial charge on any atom is 0.250 e. The third-order valence-corrected chi connectivity index (χ3v) is 5.79. The zero-order valence-corrected chi connectivity index (χ0v) is 19.9. The zero-order valence-electron chi connectivity index (χ0n) is 19.0. The van der Waals surface area contributed by atoms with Gasteiger partial charge in [-0.15, -0.1) is 12.4 Å². The summed E-state index contributed by atoms with van der Waals surface area (Å²) >= 11 is 0. The molecule has 0 atom stereocenters. The van der Waals surface area contributed by atoms with Gasteiger partial charge in [0.15, 0.2) is 0 Å². The zero-order chi connectivity index (χ0) is 22.5. The smallest absolute Gasteiger partial charge is 0.250 e. The number of hydrazone groups is 1. The van der Waals surface area contributed by atoms with Crippen molar-refractivity contribution in [2.45, 2.75) is 33.6 Å². The van der Waals surface area contributed by atoms with Gasteiger partial charge < -0.3 is 10.2 Å². The predicted octanol–water partition coefficient (Wildman–Crippen LogP) is 5.48. The van der Waals surface area contributed by atoms with E-state index in [1.807, 2.05) is 12.1 Å². The fourth-order valence-corrected chi connectivity index (χ4v) is 3.54. The first kappa shape index (κ1) is 24.4. The number of halogens is 2. The Morgan fingerprint density at radius 1 is 1.00 bits per heavy atom. The SMILES string of the molecule is Cc1cccc(Nc2nc(NN=Cc3ccc(F)cc3)nc(N3CCC(C)CC3)n2)c1C.Cl. The van der Waals surface area contributed by atoms with Gasteiger partial charge in [-0.05, 0) is 67.5 Å². The van der Waals surface area contributed by atoms with Crippen molar-refractivity contribution >= 4 is 42.2 Å². The molecule has 9 heteroatoms. The molecule has 1 aliphatic rings. The highest BCUT2D eigenvalue weighted by atomic mass is 35.5. The number of nitrogens with one attached hydrogen (secondary N) is 2. The van der Waals surface area contributed by atoms with Crippen LogP contribution in [0.3, 0.4) is 0 Å². The van der Waals surface area contributed by atoms with Gasteiger partial charge in [-0.25, -0.2) is 9.82 Å². The van der Waals surface area contributed by atoms with Crippen LogP contribution in [0, 0.1) is 25.6 Å². The number of aromatic nitrogens is 3. The second-order valence-corrected chi connectivity index (χ2v) is 8.25. The minimum atomic E-state index is -0.282. The molecule has 1 fully saturated rings. The van der Waals surface area contributed by atoms with E-state index in [-0.39, 0.29) is 18.2 Å². The molecule has 3 aromatic rings. The topological polar surface area (TPSA) is 78.3 Å². The summed E-state index contributed by atoms with van der Waals surface area (Å²) in [7, 11) is 0. The van der Waals surface area contributed by atoms with E-state index in [9.17, 15) is 4.39 Å². The van der Waals surface area contributed by atoms with Crippen molar-refractivity contribution in [1.82, 2.24) is 15.0 Å². The molecule has 1 aromatic heterocycles. The normalized spacial score (nSPS) is 14.2. The van der Waals surface area contributed by atoms with Crippen molar-refractivity contribution in [3.8, 4) is 0 Å². The highest BCUT2D eigenvalue weighted by Crippen LogP contribution is 2.25. The van der Waals surface area contributed by atoms with Gasteiger partial charge >= 0.3 is 0 Å². The third kappa shape index (κ3) is 6.38. The molecule has 0 bridgehead atoms. The number of piperidine rings is 1. The molecule has 4 rings (SSSR count). The highest BCUT2D eigenvalue weighted by molar-refractivity contribution is 5.85. The largest absolute Gasteiger partial charge is 0.341 e. The van der Waals surface area contributed by atoms with E-state index in [0.717, 1.165) is 42.7 Å². The molecule has 2 aromatic carbocycles. The van der Waals surface area contributed by atoms with Crippen molar-refractivity contribution in [3.63, 3.8) is 0 Å². The highest BCUT2D eigenvalue weighted by Gasteiger charge is 2.20. The van der Waals surface area contributed by atoms with Crippen LogP contribution in [-0.4, -0.2) is 34.3 Å². The molecule has 0 unspecified atom stereocenters. The van der Waals surface area contributed by atoms with Crippen LogP contribution in [-0.2, 0) is 0 Å². The van der Waals surface area contributed by atoms with E-state index >= 15 is 0 Å².